The Kier molecular flexibility index (Phi) is 10.2. The van der Waals surface area contributed by atoms with E-state index in [0.717, 1.165) is 68.7 Å². The summed E-state index contributed by atoms with van der Waals surface area (Å²) in [5.74, 6) is 0.944. The highest BCUT2D eigenvalue weighted by Gasteiger charge is 2.23. The van der Waals surface area contributed by atoms with Crippen molar-refractivity contribution < 1.29 is 9.47 Å². The quantitative estimate of drug-likeness (QED) is 0.371. The van der Waals surface area contributed by atoms with Crippen LogP contribution in [0, 0.1) is 0 Å². The molecule has 152 valence electrons. The number of likely N-dealkylation sites (tertiary alicyclic amines) is 1. The first-order valence-corrected chi connectivity index (χ1v) is 10.1. The van der Waals surface area contributed by atoms with Crippen molar-refractivity contribution in [3.05, 3.63) is 34.9 Å². The van der Waals surface area contributed by atoms with E-state index in [4.69, 9.17) is 21.1 Å². The summed E-state index contributed by atoms with van der Waals surface area (Å²) >= 11 is 6.05. The van der Waals surface area contributed by atoms with Crippen LogP contribution >= 0.6 is 35.6 Å². The predicted molar refractivity (Wildman–Crippen MR) is 121 cm³/mol. The molecule has 0 spiro atoms. The van der Waals surface area contributed by atoms with Gasteiger partial charge in [-0.25, -0.2) is 0 Å². The van der Waals surface area contributed by atoms with Gasteiger partial charge in [-0.15, -0.1) is 24.0 Å². The molecule has 2 saturated heterocycles. The molecule has 0 amide bonds. The normalized spacial score (nSPS) is 21.6. The topological polar surface area (TPSA) is 46.1 Å². The largest absolute Gasteiger partial charge is 0.376 e. The van der Waals surface area contributed by atoms with Crippen LogP contribution in [0.5, 0.6) is 0 Å². The summed E-state index contributed by atoms with van der Waals surface area (Å²) in [6, 6.07) is 7.92. The minimum absolute atomic E-state index is 0. The van der Waals surface area contributed by atoms with Gasteiger partial charge in [-0.3, -0.25) is 4.99 Å². The second kappa shape index (κ2) is 12.1. The number of rotatable bonds is 5. The van der Waals surface area contributed by atoms with Crippen LogP contribution in [-0.2, 0) is 16.0 Å². The number of hydrogen-bond donors (Lipinski definition) is 1. The van der Waals surface area contributed by atoms with Crippen molar-refractivity contribution in [2.24, 2.45) is 4.99 Å². The number of nitrogens with zero attached hydrogens (tertiary/aromatic N) is 2. The maximum Gasteiger partial charge on any atom is 0.193 e. The van der Waals surface area contributed by atoms with Crippen molar-refractivity contribution in [2.45, 2.75) is 50.9 Å². The Labute approximate surface area is 184 Å². The van der Waals surface area contributed by atoms with Crippen LogP contribution < -0.4 is 5.32 Å². The molecule has 27 heavy (non-hydrogen) atoms. The Balaban J connectivity index is 0.00000261. The van der Waals surface area contributed by atoms with Crippen molar-refractivity contribution in [3.63, 3.8) is 0 Å². The summed E-state index contributed by atoms with van der Waals surface area (Å²) < 4.78 is 11.9. The molecule has 0 radical (unpaired) electrons. The molecular formula is C20H31ClIN3O2. The van der Waals surface area contributed by atoms with Gasteiger partial charge in [-0.1, -0.05) is 23.7 Å². The Morgan fingerprint density at radius 1 is 1.30 bits per heavy atom. The number of nitrogens with one attached hydrogen (secondary N) is 1. The standard InChI is InChI=1S/C20H30ClN3O2.HI/c1-22-20(23-14-16-5-4-6-17(21)13-16)24-10-8-18(9-11-24)26-15-19-7-2-3-12-25-19;/h4-6,13,18-19H,2-3,7-12,14-15H2,1H3,(H,22,23);1H. The average molecular weight is 508 g/mol. The maximum absolute atomic E-state index is 6.10. The Hall–Kier alpha value is -0.570. The summed E-state index contributed by atoms with van der Waals surface area (Å²) in [5, 5.41) is 4.20. The fourth-order valence-electron chi connectivity index (χ4n) is 3.58. The molecule has 7 heteroatoms. The minimum Gasteiger partial charge on any atom is -0.376 e. The van der Waals surface area contributed by atoms with Crippen LogP contribution in [0.2, 0.25) is 5.02 Å². The van der Waals surface area contributed by atoms with Gasteiger partial charge in [0.2, 0.25) is 0 Å². The highest BCUT2D eigenvalue weighted by molar-refractivity contribution is 14.0. The molecule has 3 rings (SSSR count). The van der Waals surface area contributed by atoms with E-state index in [1.165, 1.54) is 12.8 Å². The number of ether oxygens (including phenoxy) is 2. The molecule has 2 aliphatic rings. The number of halogens is 2. The number of piperidine rings is 1. The predicted octanol–water partition coefficient (Wildman–Crippen LogP) is 4.08. The van der Waals surface area contributed by atoms with Crippen LogP contribution in [0.3, 0.4) is 0 Å². The zero-order valence-corrected chi connectivity index (χ0v) is 19.1. The molecule has 0 aromatic heterocycles. The van der Waals surface area contributed by atoms with Gasteiger partial charge < -0.3 is 19.7 Å². The van der Waals surface area contributed by atoms with Crippen molar-refractivity contribution in [1.29, 1.82) is 0 Å². The van der Waals surface area contributed by atoms with Crippen LogP contribution in [0.1, 0.15) is 37.7 Å². The lowest BCUT2D eigenvalue weighted by Gasteiger charge is -2.35. The van der Waals surface area contributed by atoms with Crippen molar-refractivity contribution in [1.82, 2.24) is 10.2 Å². The molecular weight excluding hydrogens is 477 g/mol. The number of aliphatic imine (C=N–C) groups is 1. The van der Waals surface area contributed by atoms with Gasteiger partial charge in [0.05, 0.1) is 18.8 Å². The SMILES string of the molecule is CN=C(NCc1cccc(Cl)c1)N1CCC(OCC2CCCCO2)CC1.I. The molecule has 5 nitrogen and oxygen atoms in total. The highest BCUT2D eigenvalue weighted by Crippen LogP contribution is 2.18. The van der Waals surface area contributed by atoms with Crippen LogP contribution in [-0.4, -0.2) is 56.4 Å². The zero-order chi connectivity index (χ0) is 18.2. The van der Waals surface area contributed by atoms with Crippen molar-refractivity contribution in [2.75, 3.05) is 33.4 Å². The average Bonchev–Trinajstić information content (AvgIpc) is 2.69. The van der Waals surface area contributed by atoms with Crippen molar-refractivity contribution >= 4 is 41.5 Å². The highest BCUT2D eigenvalue weighted by atomic mass is 127. The first-order valence-electron chi connectivity index (χ1n) is 9.68. The van der Waals surface area contributed by atoms with Gasteiger partial charge in [0.15, 0.2) is 5.96 Å². The summed E-state index contributed by atoms with van der Waals surface area (Å²) in [5.41, 5.74) is 1.16. The lowest BCUT2D eigenvalue weighted by atomic mass is 10.1. The number of guanidine groups is 1. The Bertz CT molecular complexity index is 588. The third kappa shape index (κ3) is 7.40. The minimum atomic E-state index is 0. The first-order chi connectivity index (χ1) is 12.7. The second-order valence-corrected chi connectivity index (χ2v) is 7.48. The smallest absolute Gasteiger partial charge is 0.193 e. The van der Waals surface area contributed by atoms with Gasteiger partial charge >= 0.3 is 0 Å². The summed E-state index contributed by atoms with van der Waals surface area (Å²) in [6.45, 7) is 4.28. The van der Waals surface area contributed by atoms with E-state index in [-0.39, 0.29) is 24.0 Å². The lowest BCUT2D eigenvalue weighted by Crippen LogP contribution is -2.47. The Morgan fingerprint density at radius 3 is 2.78 bits per heavy atom. The third-order valence-electron chi connectivity index (χ3n) is 5.08. The summed E-state index contributed by atoms with van der Waals surface area (Å²) in [6.07, 6.45) is 6.29. The van der Waals surface area contributed by atoms with E-state index in [2.05, 4.69) is 21.3 Å². The summed E-state index contributed by atoms with van der Waals surface area (Å²) in [4.78, 5) is 6.74. The van der Waals surface area contributed by atoms with Gasteiger partial charge in [-0.05, 0) is 49.8 Å². The van der Waals surface area contributed by atoms with E-state index in [1.54, 1.807) is 0 Å². The fourth-order valence-corrected chi connectivity index (χ4v) is 3.79. The molecule has 1 atom stereocenters. The van der Waals surface area contributed by atoms with Gasteiger partial charge in [0.25, 0.3) is 0 Å². The van der Waals surface area contributed by atoms with Gasteiger partial charge in [0.1, 0.15) is 0 Å². The molecule has 0 bridgehead atoms. The summed E-state index contributed by atoms with van der Waals surface area (Å²) in [7, 11) is 1.84. The third-order valence-corrected chi connectivity index (χ3v) is 5.32. The molecule has 1 aromatic carbocycles. The molecule has 1 unspecified atom stereocenters. The fraction of sp³-hybridized carbons (Fsp3) is 0.650. The van der Waals surface area contributed by atoms with Crippen LogP contribution in [0.4, 0.5) is 0 Å². The van der Waals surface area contributed by atoms with E-state index in [1.807, 2.05) is 25.2 Å². The van der Waals surface area contributed by atoms with Gasteiger partial charge in [-0.2, -0.15) is 0 Å². The molecule has 2 aliphatic heterocycles. The van der Waals surface area contributed by atoms with Crippen molar-refractivity contribution in [3.8, 4) is 0 Å². The molecule has 0 saturated carbocycles. The second-order valence-electron chi connectivity index (χ2n) is 7.04. The number of hydrogen-bond acceptors (Lipinski definition) is 3. The molecule has 2 fully saturated rings. The number of benzene rings is 1. The van der Waals surface area contributed by atoms with Gasteiger partial charge in [0, 0.05) is 38.3 Å². The first kappa shape index (κ1) is 22.7. The molecule has 1 aromatic rings. The van der Waals surface area contributed by atoms with E-state index >= 15 is 0 Å². The Morgan fingerprint density at radius 2 is 2.11 bits per heavy atom. The van der Waals surface area contributed by atoms with Crippen LogP contribution in [0.15, 0.2) is 29.3 Å². The monoisotopic (exact) mass is 507 g/mol. The molecule has 1 N–H and O–H groups in total. The molecule has 0 aliphatic carbocycles. The lowest BCUT2D eigenvalue weighted by molar-refractivity contribution is -0.0721. The van der Waals surface area contributed by atoms with E-state index < -0.39 is 0 Å². The zero-order valence-electron chi connectivity index (χ0n) is 16.0. The van der Waals surface area contributed by atoms with E-state index in [9.17, 15) is 0 Å². The maximum atomic E-state index is 6.10. The molecule has 2 heterocycles. The van der Waals surface area contributed by atoms with Crippen LogP contribution in [0.25, 0.3) is 0 Å². The van der Waals surface area contributed by atoms with E-state index in [0.29, 0.717) is 12.2 Å².